The van der Waals surface area contributed by atoms with Crippen LogP contribution in [0.1, 0.15) is 71.6 Å². The van der Waals surface area contributed by atoms with Crippen molar-refractivity contribution in [1.29, 1.82) is 5.26 Å². The van der Waals surface area contributed by atoms with Crippen LogP contribution in [0.5, 0.6) is 0 Å². The lowest BCUT2D eigenvalue weighted by atomic mass is 9.39. The second-order valence-corrected chi connectivity index (χ2v) is 11.4. The molecule has 1 aliphatic heterocycles. The summed E-state index contributed by atoms with van der Waals surface area (Å²) in [4.78, 5) is 37.1. The number of nitrogens with zero attached hydrogens (tertiary/aromatic N) is 1. The van der Waals surface area contributed by atoms with Gasteiger partial charge < -0.3 is 9.47 Å². The maximum absolute atomic E-state index is 12.5. The van der Waals surface area contributed by atoms with Crippen LogP contribution in [0.25, 0.3) is 0 Å². The summed E-state index contributed by atoms with van der Waals surface area (Å²) in [5.41, 5.74) is -1.80. The van der Waals surface area contributed by atoms with Gasteiger partial charge >= 0.3 is 11.9 Å². The van der Waals surface area contributed by atoms with Crippen LogP contribution >= 0.6 is 0 Å². The van der Waals surface area contributed by atoms with E-state index >= 15 is 0 Å². The average molecular weight is 440 g/mol. The van der Waals surface area contributed by atoms with Gasteiger partial charge in [0.15, 0.2) is 0 Å². The summed E-state index contributed by atoms with van der Waals surface area (Å²) >= 11 is 0. The number of rotatable bonds is 2. The van der Waals surface area contributed by atoms with E-state index < -0.39 is 11.0 Å². The number of fused-ring (bicyclic) bond motifs is 6. The molecule has 4 fully saturated rings. The lowest BCUT2D eigenvalue weighted by molar-refractivity contribution is -0.166. The van der Waals surface area contributed by atoms with Gasteiger partial charge in [-0.3, -0.25) is 14.4 Å². The van der Waals surface area contributed by atoms with Crippen molar-refractivity contribution in [3.63, 3.8) is 0 Å². The van der Waals surface area contributed by atoms with Crippen molar-refractivity contribution >= 4 is 17.7 Å². The molecule has 32 heavy (non-hydrogen) atoms. The smallest absolute Gasteiger partial charge is 0.306 e. The number of methoxy groups -OCH3 is 1. The zero-order chi connectivity index (χ0) is 22.9. The highest BCUT2D eigenvalue weighted by atomic mass is 16.6. The molecule has 5 aliphatic rings. The number of nitriles is 1. The number of ketones is 1. The van der Waals surface area contributed by atoms with Crippen LogP contribution in [0.2, 0.25) is 0 Å². The Morgan fingerprint density at radius 1 is 1.25 bits per heavy atom. The number of carbonyl (C=O) groups excluding carboxylic acids is 3. The number of ether oxygens (including phenoxy) is 2. The molecule has 6 nitrogen and oxygen atoms in total. The molecule has 6 heteroatoms. The third kappa shape index (κ3) is 2.60. The Balaban J connectivity index is 1.62. The molecule has 3 saturated carbocycles. The Bertz CT molecular complexity index is 950. The SMILES string of the molecule is COC(=O)C[C@@H]1C[C@]2(C#N)CC(=O)CC[C@]2(C)C2C=C[C@@]3(C)C(CC[C@@]34CCC(=O)O4)C21. The van der Waals surface area contributed by atoms with E-state index in [-0.39, 0.29) is 65.1 Å². The number of hydrogen-bond donors (Lipinski definition) is 0. The topological polar surface area (TPSA) is 93.5 Å². The summed E-state index contributed by atoms with van der Waals surface area (Å²) < 4.78 is 11.1. The molecule has 8 atom stereocenters. The van der Waals surface area contributed by atoms with Crippen LogP contribution < -0.4 is 0 Å². The van der Waals surface area contributed by atoms with Crippen LogP contribution in [0, 0.1) is 51.2 Å². The van der Waals surface area contributed by atoms with E-state index in [2.05, 4.69) is 32.1 Å². The lowest BCUT2D eigenvalue weighted by Gasteiger charge is -2.63. The second-order valence-electron chi connectivity index (χ2n) is 11.4. The molecular weight excluding hydrogens is 406 g/mol. The maximum atomic E-state index is 12.5. The summed E-state index contributed by atoms with van der Waals surface area (Å²) in [5, 5.41) is 10.4. The fourth-order valence-electron chi connectivity index (χ4n) is 8.64. The highest BCUT2D eigenvalue weighted by Crippen LogP contribution is 2.71. The number of allylic oxidation sites excluding steroid dienone is 1. The third-order valence-electron chi connectivity index (χ3n) is 10.5. The standard InChI is InChI=1S/C26H33NO5/c1-23-8-4-17(28)14-25(23,15-27)13-16(12-21(30)31-3)22-18(23)5-9-24(2)19(22)6-10-26(24)11-7-20(29)32-26/h5,9,16,18-19,22H,4,6-8,10-14H2,1-3H3/t16-,18?,19?,22?,23-,24+,25-,26-/m1/s1. The molecule has 0 radical (unpaired) electrons. The first kappa shape index (κ1) is 21.7. The van der Waals surface area contributed by atoms with Crippen LogP contribution in [0.3, 0.4) is 0 Å². The third-order valence-corrected chi connectivity index (χ3v) is 10.5. The summed E-state index contributed by atoms with van der Waals surface area (Å²) in [6.45, 7) is 4.42. The highest BCUT2D eigenvalue weighted by molar-refractivity contribution is 5.81. The van der Waals surface area contributed by atoms with Gasteiger partial charge in [0.2, 0.25) is 0 Å². The van der Waals surface area contributed by atoms with E-state index in [1.165, 1.54) is 7.11 Å². The minimum Gasteiger partial charge on any atom is -0.469 e. The van der Waals surface area contributed by atoms with E-state index in [4.69, 9.17) is 9.47 Å². The first-order valence-corrected chi connectivity index (χ1v) is 12.0. The molecular formula is C26H33NO5. The molecule has 5 rings (SSSR count). The summed E-state index contributed by atoms with van der Waals surface area (Å²) in [6, 6.07) is 2.59. The number of Topliss-reactive ketones (excluding diaryl/α,β-unsaturated/α-hetero) is 1. The molecule has 0 aromatic rings. The molecule has 1 saturated heterocycles. The number of carbonyl (C=O) groups is 3. The molecule has 4 aliphatic carbocycles. The molecule has 0 bridgehead atoms. The van der Waals surface area contributed by atoms with Gasteiger partial charge in [-0.1, -0.05) is 26.0 Å². The quantitative estimate of drug-likeness (QED) is 0.474. The molecule has 0 aromatic carbocycles. The molecule has 1 spiro atoms. The number of hydrogen-bond acceptors (Lipinski definition) is 6. The fourth-order valence-corrected chi connectivity index (χ4v) is 8.64. The predicted molar refractivity (Wildman–Crippen MR) is 115 cm³/mol. The Kier molecular flexibility index (Phi) is 4.69. The van der Waals surface area contributed by atoms with E-state index in [0.29, 0.717) is 25.7 Å². The van der Waals surface area contributed by atoms with E-state index in [1.54, 1.807) is 0 Å². The van der Waals surface area contributed by atoms with Crippen molar-refractivity contribution in [3.8, 4) is 6.07 Å². The Hall–Kier alpha value is -2.16. The molecule has 0 aromatic heterocycles. The van der Waals surface area contributed by atoms with Gasteiger partial charge in [0.05, 0.1) is 18.6 Å². The summed E-state index contributed by atoms with van der Waals surface area (Å²) in [5.74, 6) is 0.326. The molecule has 3 unspecified atom stereocenters. The van der Waals surface area contributed by atoms with Crippen molar-refractivity contribution in [3.05, 3.63) is 12.2 Å². The summed E-state index contributed by atoms with van der Waals surface area (Å²) in [6.07, 6.45) is 9.86. The largest absolute Gasteiger partial charge is 0.469 e. The predicted octanol–water partition coefficient (Wildman–Crippen LogP) is 4.13. The van der Waals surface area contributed by atoms with Crippen molar-refractivity contribution in [1.82, 2.24) is 0 Å². The van der Waals surface area contributed by atoms with Gasteiger partial charge in [-0.05, 0) is 61.2 Å². The zero-order valence-electron chi connectivity index (χ0n) is 19.3. The molecule has 0 amide bonds. The van der Waals surface area contributed by atoms with Gasteiger partial charge in [0.1, 0.15) is 11.4 Å². The Morgan fingerprint density at radius 2 is 2.03 bits per heavy atom. The Morgan fingerprint density at radius 3 is 2.69 bits per heavy atom. The molecule has 172 valence electrons. The maximum Gasteiger partial charge on any atom is 0.306 e. The van der Waals surface area contributed by atoms with Gasteiger partial charge in [-0.15, -0.1) is 0 Å². The Labute approximate surface area is 189 Å². The highest BCUT2D eigenvalue weighted by Gasteiger charge is 2.70. The summed E-state index contributed by atoms with van der Waals surface area (Å²) in [7, 11) is 1.41. The van der Waals surface area contributed by atoms with Crippen LogP contribution in [0.4, 0.5) is 0 Å². The fraction of sp³-hybridized carbons (Fsp3) is 0.769. The lowest BCUT2D eigenvalue weighted by Crippen LogP contribution is -2.61. The van der Waals surface area contributed by atoms with Crippen LogP contribution in [-0.4, -0.2) is 30.4 Å². The van der Waals surface area contributed by atoms with Crippen molar-refractivity contribution in [2.75, 3.05) is 7.11 Å². The minimum atomic E-state index is -0.754. The van der Waals surface area contributed by atoms with Crippen molar-refractivity contribution in [2.24, 2.45) is 39.9 Å². The van der Waals surface area contributed by atoms with Crippen molar-refractivity contribution in [2.45, 2.75) is 77.2 Å². The van der Waals surface area contributed by atoms with Gasteiger partial charge in [-0.2, -0.15) is 5.26 Å². The van der Waals surface area contributed by atoms with Gasteiger partial charge in [-0.25, -0.2) is 0 Å². The monoisotopic (exact) mass is 439 g/mol. The zero-order valence-corrected chi connectivity index (χ0v) is 19.3. The normalized spacial score (nSPS) is 49.1. The number of esters is 2. The average Bonchev–Trinajstić information content (AvgIpc) is 3.29. The first-order valence-electron chi connectivity index (χ1n) is 12.0. The first-order chi connectivity index (χ1) is 15.1. The van der Waals surface area contributed by atoms with Crippen LogP contribution in [-0.2, 0) is 23.9 Å². The molecule has 0 N–H and O–H groups in total. The minimum absolute atomic E-state index is 0.0346. The van der Waals surface area contributed by atoms with Crippen molar-refractivity contribution < 1.29 is 23.9 Å². The van der Waals surface area contributed by atoms with Crippen LogP contribution in [0.15, 0.2) is 12.2 Å². The van der Waals surface area contributed by atoms with E-state index in [0.717, 1.165) is 19.3 Å². The second kappa shape index (κ2) is 6.92. The molecule has 1 heterocycles. The van der Waals surface area contributed by atoms with E-state index in [1.807, 2.05) is 0 Å². The van der Waals surface area contributed by atoms with Gasteiger partial charge in [0.25, 0.3) is 0 Å². The van der Waals surface area contributed by atoms with E-state index in [9.17, 15) is 19.6 Å². The van der Waals surface area contributed by atoms with Gasteiger partial charge in [0, 0.05) is 31.1 Å².